The van der Waals surface area contributed by atoms with Crippen molar-refractivity contribution >= 4 is 11.8 Å². The van der Waals surface area contributed by atoms with Crippen LogP contribution in [0.3, 0.4) is 0 Å². The highest BCUT2D eigenvalue weighted by Crippen LogP contribution is 2.17. The number of nitrogens with one attached hydrogen (secondary N) is 1. The van der Waals surface area contributed by atoms with E-state index in [1.165, 1.54) is 31.0 Å². The van der Waals surface area contributed by atoms with Crippen molar-refractivity contribution in [3.8, 4) is 0 Å². The summed E-state index contributed by atoms with van der Waals surface area (Å²) in [5, 5.41) is 3.39. The predicted molar refractivity (Wildman–Crippen MR) is 61.4 cm³/mol. The summed E-state index contributed by atoms with van der Waals surface area (Å²) in [6.45, 7) is 2.41. The highest BCUT2D eigenvalue weighted by Gasteiger charge is 2.13. The fraction of sp³-hybridized carbons (Fsp3) is 0.545. The van der Waals surface area contributed by atoms with Crippen molar-refractivity contribution in [1.82, 2.24) is 10.3 Å². The maximum atomic E-state index is 4.31. The van der Waals surface area contributed by atoms with Crippen LogP contribution in [0.25, 0.3) is 0 Å². The van der Waals surface area contributed by atoms with Crippen LogP contribution in [0.1, 0.15) is 12.1 Å². The van der Waals surface area contributed by atoms with E-state index >= 15 is 0 Å². The Bertz CT molecular complexity index is 257. The van der Waals surface area contributed by atoms with Gasteiger partial charge in [0, 0.05) is 11.9 Å². The molecule has 0 saturated carbocycles. The smallest absolute Gasteiger partial charge is 0.0502 e. The van der Waals surface area contributed by atoms with Gasteiger partial charge in [-0.1, -0.05) is 6.07 Å². The zero-order valence-electron chi connectivity index (χ0n) is 8.28. The molecule has 1 fully saturated rings. The number of thioether (sulfide) groups is 1. The van der Waals surface area contributed by atoms with E-state index in [1.807, 2.05) is 24.0 Å². The summed E-state index contributed by atoms with van der Waals surface area (Å²) in [4.78, 5) is 4.31. The summed E-state index contributed by atoms with van der Waals surface area (Å²) >= 11 is 2.00. The number of hydrogen-bond donors (Lipinski definition) is 1. The first-order chi connectivity index (χ1) is 6.95. The standard InChI is InChI=1S/C11H16N2S/c1-2-5-13-11(3-1)9-14-8-10-4-6-12-7-10/h1-3,5,10,12H,4,6-9H2/t10-/m0/s1. The summed E-state index contributed by atoms with van der Waals surface area (Å²) in [7, 11) is 0. The van der Waals surface area contributed by atoms with E-state index in [0.29, 0.717) is 0 Å². The molecule has 14 heavy (non-hydrogen) atoms. The molecule has 1 aliphatic rings. The topological polar surface area (TPSA) is 24.9 Å². The van der Waals surface area contributed by atoms with Crippen molar-refractivity contribution in [3.63, 3.8) is 0 Å². The zero-order valence-corrected chi connectivity index (χ0v) is 9.09. The minimum absolute atomic E-state index is 0.878. The molecule has 1 aliphatic heterocycles. The quantitative estimate of drug-likeness (QED) is 0.818. The predicted octanol–water partition coefficient (Wildman–Crippen LogP) is 1.92. The Labute approximate surface area is 89.5 Å². The molecule has 1 aromatic heterocycles. The maximum Gasteiger partial charge on any atom is 0.0502 e. The van der Waals surface area contributed by atoms with Crippen LogP contribution in [0, 0.1) is 5.92 Å². The van der Waals surface area contributed by atoms with Crippen molar-refractivity contribution in [2.45, 2.75) is 12.2 Å². The normalized spacial score (nSPS) is 21.3. The van der Waals surface area contributed by atoms with Gasteiger partial charge in [0.1, 0.15) is 0 Å². The minimum Gasteiger partial charge on any atom is -0.316 e. The van der Waals surface area contributed by atoms with Gasteiger partial charge in [0.25, 0.3) is 0 Å². The molecule has 0 unspecified atom stereocenters. The molecule has 0 spiro atoms. The van der Waals surface area contributed by atoms with Crippen molar-refractivity contribution in [3.05, 3.63) is 30.1 Å². The molecule has 1 N–H and O–H groups in total. The summed E-state index contributed by atoms with van der Waals surface area (Å²) in [5.74, 6) is 3.20. The Morgan fingerprint density at radius 3 is 3.21 bits per heavy atom. The summed E-state index contributed by atoms with van der Waals surface area (Å²) in [6.07, 6.45) is 3.21. The summed E-state index contributed by atoms with van der Waals surface area (Å²) in [5.41, 5.74) is 1.20. The molecule has 1 aromatic rings. The second-order valence-electron chi connectivity index (χ2n) is 3.70. The van der Waals surface area contributed by atoms with E-state index < -0.39 is 0 Å². The molecule has 0 aliphatic carbocycles. The molecular weight excluding hydrogens is 192 g/mol. The molecule has 0 amide bonds. The molecule has 2 nitrogen and oxygen atoms in total. The fourth-order valence-corrected chi connectivity index (χ4v) is 2.79. The van der Waals surface area contributed by atoms with E-state index in [9.17, 15) is 0 Å². The molecule has 3 heteroatoms. The molecule has 0 bridgehead atoms. The van der Waals surface area contributed by atoms with E-state index in [-0.39, 0.29) is 0 Å². The fourth-order valence-electron chi connectivity index (χ4n) is 1.67. The lowest BCUT2D eigenvalue weighted by molar-refractivity contribution is 0.662. The van der Waals surface area contributed by atoms with Gasteiger partial charge in [-0.05, 0) is 43.3 Å². The van der Waals surface area contributed by atoms with Gasteiger partial charge in [-0.2, -0.15) is 11.8 Å². The van der Waals surface area contributed by atoms with Crippen molar-refractivity contribution in [1.29, 1.82) is 0 Å². The van der Waals surface area contributed by atoms with Crippen LogP contribution >= 0.6 is 11.8 Å². The first-order valence-electron chi connectivity index (χ1n) is 5.13. The Morgan fingerprint density at radius 1 is 1.50 bits per heavy atom. The van der Waals surface area contributed by atoms with Crippen LogP contribution < -0.4 is 5.32 Å². The molecule has 2 heterocycles. The number of rotatable bonds is 4. The monoisotopic (exact) mass is 208 g/mol. The molecule has 0 radical (unpaired) electrons. The molecule has 2 rings (SSSR count). The van der Waals surface area contributed by atoms with Gasteiger partial charge in [0.05, 0.1) is 5.69 Å². The van der Waals surface area contributed by atoms with Gasteiger partial charge >= 0.3 is 0 Å². The molecule has 76 valence electrons. The Morgan fingerprint density at radius 2 is 2.50 bits per heavy atom. The third-order valence-corrected chi connectivity index (χ3v) is 3.70. The Kier molecular flexibility index (Phi) is 3.83. The van der Waals surface area contributed by atoms with E-state index in [2.05, 4.69) is 22.4 Å². The average molecular weight is 208 g/mol. The first kappa shape index (κ1) is 9.99. The van der Waals surface area contributed by atoms with E-state index in [0.717, 1.165) is 11.7 Å². The first-order valence-corrected chi connectivity index (χ1v) is 6.29. The second-order valence-corrected chi connectivity index (χ2v) is 4.73. The van der Waals surface area contributed by atoms with Crippen LogP contribution in [0.2, 0.25) is 0 Å². The maximum absolute atomic E-state index is 4.31. The molecular formula is C11H16N2S. The molecule has 1 saturated heterocycles. The highest BCUT2D eigenvalue weighted by molar-refractivity contribution is 7.98. The highest BCUT2D eigenvalue weighted by atomic mass is 32.2. The van der Waals surface area contributed by atoms with Crippen molar-refractivity contribution < 1.29 is 0 Å². The van der Waals surface area contributed by atoms with Gasteiger partial charge in [-0.25, -0.2) is 0 Å². The molecule has 0 aromatic carbocycles. The minimum atomic E-state index is 0.878. The SMILES string of the molecule is c1ccc(CSC[C@H]2CCNC2)nc1. The van der Waals surface area contributed by atoms with Gasteiger partial charge in [-0.3, -0.25) is 4.98 Å². The van der Waals surface area contributed by atoms with Gasteiger partial charge in [0.2, 0.25) is 0 Å². The third-order valence-electron chi connectivity index (χ3n) is 2.49. The van der Waals surface area contributed by atoms with Crippen LogP contribution in [0.15, 0.2) is 24.4 Å². The average Bonchev–Trinajstić information content (AvgIpc) is 2.72. The van der Waals surface area contributed by atoms with Crippen LogP contribution in [-0.2, 0) is 5.75 Å². The van der Waals surface area contributed by atoms with Crippen LogP contribution in [-0.4, -0.2) is 23.8 Å². The number of hydrogen-bond acceptors (Lipinski definition) is 3. The van der Waals surface area contributed by atoms with E-state index in [4.69, 9.17) is 0 Å². The lowest BCUT2D eigenvalue weighted by atomic mass is 10.2. The third kappa shape index (κ3) is 3.00. The van der Waals surface area contributed by atoms with Crippen LogP contribution in [0.4, 0.5) is 0 Å². The van der Waals surface area contributed by atoms with Crippen molar-refractivity contribution in [2.75, 3.05) is 18.8 Å². The number of aromatic nitrogens is 1. The van der Waals surface area contributed by atoms with Gasteiger partial charge in [0.15, 0.2) is 0 Å². The van der Waals surface area contributed by atoms with E-state index in [1.54, 1.807) is 0 Å². The lowest BCUT2D eigenvalue weighted by Gasteiger charge is -2.06. The van der Waals surface area contributed by atoms with Gasteiger partial charge < -0.3 is 5.32 Å². The Hall–Kier alpha value is -0.540. The number of nitrogens with zero attached hydrogens (tertiary/aromatic N) is 1. The van der Waals surface area contributed by atoms with Crippen LogP contribution in [0.5, 0.6) is 0 Å². The van der Waals surface area contributed by atoms with Gasteiger partial charge in [-0.15, -0.1) is 0 Å². The largest absolute Gasteiger partial charge is 0.316 e. The molecule has 1 atom stereocenters. The van der Waals surface area contributed by atoms with Crippen molar-refractivity contribution in [2.24, 2.45) is 5.92 Å². The summed E-state index contributed by atoms with van der Waals surface area (Å²) in [6, 6.07) is 6.12. The summed E-state index contributed by atoms with van der Waals surface area (Å²) < 4.78 is 0. The zero-order chi connectivity index (χ0) is 9.64. The Balaban J connectivity index is 1.67. The second kappa shape index (κ2) is 5.37. The number of pyridine rings is 1. The lowest BCUT2D eigenvalue weighted by Crippen LogP contribution is -2.10.